The molecular weight excluding hydrogens is 270 g/mol. The van der Waals surface area contributed by atoms with E-state index in [1.807, 2.05) is 24.3 Å². The van der Waals surface area contributed by atoms with E-state index in [1.165, 1.54) is 0 Å². The van der Waals surface area contributed by atoms with Gasteiger partial charge in [0.1, 0.15) is 11.8 Å². The van der Waals surface area contributed by atoms with Gasteiger partial charge in [0.15, 0.2) is 0 Å². The summed E-state index contributed by atoms with van der Waals surface area (Å²) in [6.45, 7) is 2.77. The van der Waals surface area contributed by atoms with Gasteiger partial charge in [-0.25, -0.2) is 0 Å². The van der Waals surface area contributed by atoms with E-state index in [-0.39, 0.29) is 11.8 Å². The molecule has 6 heteroatoms. The van der Waals surface area contributed by atoms with Gasteiger partial charge in [-0.1, -0.05) is 12.1 Å². The average molecular weight is 291 g/mol. The Kier molecular flexibility index (Phi) is 4.80. The number of methoxy groups -OCH3 is 1. The Hall–Kier alpha value is -2.08. The quantitative estimate of drug-likeness (QED) is 0.815. The maximum atomic E-state index is 12.2. The topological polar surface area (TPSA) is 84.7 Å². The number of hydrogen-bond donors (Lipinski definition) is 2. The van der Waals surface area contributed by atoms with Crippen molar-refractivity contribution in [1.29, 1.82) is 0 Å². The molecule has 1 aliphatic rings. The summed E-state index contributed by atoms with van der Waals surface area (Å²) in [6, 6.07) is 6.53. The molecule has 2 rings (SSSR count). The van der Waals surface area contributed by atoms with E-state index >= 15 is 0 Å². The lowest BCUT2D eigenvalue weighted by atomic mass is 10.2. The lowest BCUT2D eigenvalue weighted by Crippen LogP contribution is -2.47. The number of amides is 2. The molecule has 114 valence electrons. The van der Waals surface area contributed by atoms with Gasteiger partial charge >= 0.3 is 0 Å². The second-order valence-electron chi connectivity index (χ2n) is 5.25. The van der Waals surface area contributed by atoms with Gasteiger partial charge in [0.25, 0.3) is 0 Å². The number of nitrogens with two attached hydrogens (primary N) is 1. The summed E-state index contributed by atoms with van der Waals surface area (Å²) < 4.78 is 5.10. The van der Waals surface area contributed by atoms with Crippen LogP contribution in [-0.4, -0.2) is 42.5 Å². The number of nitrogens with one attached hydrogen (secondary N) is 1. The molecule has 0 radical (unpaired) electrons. The van der Waals surface area contributed by atoms with Gasteiger partial charge in [0, 0.05) is 13.1 Å². The van der Waals surface area contributed by atoms with Gasteiger partial charge in [-0.2, -0.15) is 0 Å². The smallest absolute Gasteiger partial charge is 0.245 e. The molecule has 3 N–H and O–H groups in total. The number of nitrogens with zero attached hydrogens (tertiary/aromatic N) is 1. The molecule has 6 nitrogen and oxygen atoms in total. The molecule has 0 aliphatic carbocycles. The molecule has 0 bridgehead atoms. The molecule has 1 unspecified atom stereocenters. The van der Waals surface area contributed by atoms with Crippen LogP contribution >= 0.6 is 0 Å². The predicted octanol–water partition coefficient (Wildman–Crippen LogP) is 0.260. The molecule has 21 heavy (non-hydrogen) atoms. The van der Waals surface area contributed by atoms with Crippen molar-refractivity contribution in [2.75, 3.05) is 13.7 Å². The molecule has 1 heterocycles. The molecular formula is C15H21N3O3. The minimum absolute atomic E-state index is 0.0557. The molecule has 0 aromatic heterocycles. The summed E-state index contributed by atoms with van der Waals surface area (Å²) >= 11 is 0. The fraction of sp³-hybridized carbons (Fsp3) is 0.467. The van der Waals surface area contributed by atoms with E-state index in [0.717, 1.165) is 11.3 Å². The number of carbonyl (C=O) groups excluding carboxylic acids is 2. The molecule has 1 aromatic rings. The van der Waals surface area contributed by atoms with Gasteiger partial charge in [-0.05, 0) is 31.0 Å². The predicted molar refractivity (Wildman–Crippen MR) is 78.6 cm³/mol. The van der Waals surface area contributed by atoms with Gasteiger partial charge in [0.2, 0.25) is 11.8 Å². The van der Waals surface area contributed by atoms with E-state index < -0.39 is 12.1 Å². The first-order valence-electron chi connectivity index (χ1n) is 6.99. The van der Waals surface area contributed by atoms with Crippen molar-refractivity contribution >= 4 is 11.8 Å². The fourth-order valence-corrected chi connectivity index (χ4v) is 2.28. The third-order valence-corrected chi connectivity index (χ3v) is 3.56. The Balaban J connectivity index is 1.93. The van der Waals surface area contributed by atoms with E-state index in [1.54, 1.807) is 18.9 Å². The minimum atomic E-state index is -0.603. The van der Waals surface area contributed by atoms with E-state index in [2.05, 4.69) is 5.32 Å². The molecule has 1 aliphatic heterocycles. The normalized spacial score (nSPS) is 19.5. The van der Waals surface area contributed by atoms with Crippen molar-refractivity contribution < 1.29 is 14.3 Å². The van der Waals surface area contributed by atoms with Crippen molar-refractivity contribution in [3.63, 3.8) is 0 Å². The Morgan fingerprint density at radius 2 is 2.14 bits per heavy atom. The summed E-state index contributed by atoms with van der Waals surface area (Å²) in [4.78, 5) is 25.5. The van der Waals surface area contributed by atoms with Crippen LogP contribution in [0.2, 0.25) is 0 Å². The van der Waals surface area contributed by atoms with Crippen LogP contribution < -0.4 is 15.8 Å². The zero-order valence-electron chi connectivity index (χ0n) is 12.3. The molecule has 1 saturated heterocycles. The number of hydrogen-bond acceptors (Lipinski definition) is 4. The number of likely N-dealkylation sites (tertiary alicyclic amines) is 1. The van der Waals surface area contributed by atoms with E-state index in [4.69, 9.17) is 10.5 Å². The second-order valence-corrected chi connectivity index (χ2v) is 5.25. The molecule has 0 saturated carbocycles. The van der Waals surface area contributed by atoms with Crippen LogP contribution in [0.25, 0.3) is 0 Å². The molecule has 2 amide bonds. The minimum Gasteiger partial charge on any atom is -0.497 e. The number of rotatable bonds is 5. The maximum absolute atomic E-state index is 12.2. The Morgan fingerprint density at radius 1 is 1.48 bits per heavy atom. The van der Waals surface area contributed by atoms with Crippen LogP contribution in [0.5, 0.6) is 5.75 Å². The lowest BCUT2D eigenvalue weighted by molar-refractivity contribution is -0.133. The Bertz CT molecular complexity index is 513. The highest BCUT2D eigenvalue weighted by Gasteiger charge is 2.32. The van der Waals surface area contributed by atoms with Crippen LogP contribution in [0.1, 0.15) is 18.9 Å². The van der Waals surface area contributed by atoms with Crippen molar-refractivity contribution in [3.8, 4) is 5.75 Å². The van der Waals surface area contributed by atoms with Crippen molar-refractivity contribution in [1.82, 2.24) is 10.2 Å². The molecule has 0 spiro atoms. The SMILES string of the molecule is COc1ccc(CN2CCC(NC(=O)[C@H](C)N)C2=O)cc1. The van der Waals surface area contributed by atoms with Crippen LogP contribution in [-0.2, 0) is 16.1 Å². The number of carbonyl (C=O) groups is 2. The number of benzene rings is 1. The van der Waals surface area contributed by atoms with Crippen molar-refractivity contribution in [2.45, 2.75) is 32.0 Å². The molecule has 1 aromatic carbocycles. The monoisotopic (exact) mass is 291 g/mol. The van der Waals surface area contributed by atoms with Crippen molar-refractivity contribution in [3.05, 3.63) is 29.8 Å². The van der Waals surface area contributed by atoms with Gasteiger partial charge in [-0.3, -0.25) is 9.59 Å². The van der Waals surface area contributed by atoms with Gasteiger partial charge < -0.3 is 20.7 Å². The first kappa shape index (κ1) is 15.3. The van der Waals surface area contributed by atoms with Gasteiger partial charge in [-0.15, -0.1) is 0 Å². The van der Waals surface area contributed by atoms with Crippen LogP contribution in [0.4, 0.5) is 0 Å². The summed E-state index contributed by atoms with van der Waals surface area (Å²) in [7, 11) is 1.62. The maximum Gasteiger partial charge on any atom is 0.245 e. The third kappa shape index (κ3) is 3.72. The lowest BCUT2D eigenvalue weighted by Gasteiger charge is -2.18. The molecule has 2 atom stereocenters. The summed E-state index contributed by atoms with van der Waals surface area (Å²) in [6.07, 6.45) is 0.619. The Morgan fingerprint density at radius 3 is 2.71 bits per heavy atom. The number of ether oxygens (including phenoxy) is 1. The fourth-order valence-electron chi connectivity index (χ4n) is 2.28. The largest absolute Gasteiger partial charge is 0.497 e. The highest BCUT2D eigenvalue weighted by Crippen LogP contribution is 2.17. The average Bonchev–Trinajstić information content (AvgIpc) is 2.81. The summed E-state index contributed by atoms with van der Waals surface area (Å²) in [5, 5.41) is 2.69. The van der Waals surface area contributed by atoms with Gasteiger partial charge in [0.05, 0.1) is 13.2 Å². The first-order chi connectivity index (χ1) is 10.0. The highest BCUT2D eigenvalue weighted by molar-refractivity contribution is 5.90. The van der Waals surface area contributed by atoms with Crippen LogP contribution in [0.3, 0.4) is 0 Å². The second kappa shape index (κ2) is 6.58. The van der Waals surface area contributed by atoms with Crippen LogP contribution in [0, 0.1) is 0 Å². The summed E-state index contributed by atoms with van der Waals surface area (Å²) in [5.41, 5.74) is 6.53. The van der Waals surface area contributed by atoms with Crippen LogP contribution in [0.15, 0.2) is 24.3 Å². The van der Waals surface area contributed by atoms with Crippen molar-refractivity contribution in [2.24, 2.45) is 5.73 Å². The third-order valence-electron chi connectivity index (χ3n) is 3.56. The highest BCUT2D eigenvalue weighted by atomic mass is 16.5. The standard InChI is InChI=1S/C15H21N3O3/c1-10(16)14(19)17-13-7-8-18(15(13)20)9-11-3-5-12(21-2)6-4-11/h3-6,10,13H,7-9,16H2,1-2H3,(H,17,19)/t10-,13?/m0/s1. The summed E-state index contributed by atoms with van der Waals surface area (Å²) in [5.74, 6) is 0.438. The zero-order valence-corrected chi connectivity index (χ0v) is 12.3. The molecule has 1 fully saturated rings. The Labute approximate surface area is 124 Å². The van der Waals surface area contributed by atoms with E-state index in [0.29, 0.717) is 19.5 Å². The van der Waals surface area contributed by atoms with E-state index in [9.17, 15) is 9.59 Å². The zero-order chi connectivity index (χ0) is 15.4. The first-order valence-corrected chi connectivity index (χ1v) is 6.99.